The molecule has 2 aromatic heterocycles. The molecule has 0 radical (unpaired) electrons. The summed E-state index contributed by atoms with van der Waals surface area (Å²) in [6.07, 6.45) is 7.76. The van der Waals surface area contributed by atoms with E-state index in [0.717, 1.165) is 0 Å². The van der Waals surface area contributed by atoms with Crippen LogP contribution in [0.5, 0.6) is 0 Å². The third-order valence-corrected chi connectivity index (χ3v) is 6.30. The van der Waals surface area contributed by atoms with Gasteiger partial charge in [0, 0.05) is 42.0 Å². The van der Waals surface area contributed by atoms with E-state index in [0.29, 0.717) is 40.2 Å². The topological polar surface area (TPSA) is 159 Å². The van der Waals surface area contributed by atoms with Crippen LogP contribution in [-0.2, 0) is 14.2 Å². The number of aromatic nitrogens is 2. The monoisotopic (exact) mass is 503 g/mol. The van der Waals surface area contributed by atoms with Crippen LogP contribution in [0.4, 0.5) is 5.13 Å². The SMILES string of the molecule is C#Cc1cnc(C#N)c(SC(OC(C)COCC)[C@H](CN(N)/C=C(\N)c2csc(N)n2)OC)c1. The predicted molar refractivity (Wildman–Crippen MR) is 134 cm³/mol. The van der Waals surface area contributed by atoms with E-state index >= 15 is 0 Å². The maximum Gasteiger partial charge on any atom is 0.180 e. The molecule has 2 heterocycles. The number of nitrogens with two attached hydrogens (primary N) is 3. The van der Waals surface area contributed by atoms with Crippen molar-refractivity contribution in [3.05, 3.63) is 40.8 Å². The normalized spacial score (nSPS) is 14.1. The van der Waals surface area contributed by atoms with Gasteiger partial charge >= 0.3 is 0 Å². The highest BCUT2D eigenvalue weighted by molar-refractivity contribution is 7.99. The third kappa shape index (κ3) is 8.18. The first kappa shape index (κ1) is 27.4. The first-order valence-corrected chi connectivity index (χ1v) is 12.1. The molecule has 0 bridgehead atoms. The Bertz CT molecular complexity index is 1050. The van der Waals surface area contributed by atoms with Crippen molar-refractivity contribution in [2.75, 3.05) is 32.6 Å². The number of hydrogen-bond donors (Lipinski definition) is 3. The fraction of sp³-hybridized carbons (Fsp3) is 0.409. The Morgan fingerprint density at radius 1 is 1.47 bits per heavy atom. The highest BCUT2D eigenvalue weighted by Crippen LogP contribution is 2.31. The number of nitrogen functional groups attached to an aromatic ring is 1. The van der Waals surface area contributed by atoms with E-state index in [2.05, 4.69) is 22.0 Å². The number of anilines is 1. The lowest BCUT2D eigenvalue weighted by molar-refractivity contribution is -0.0711. The van der Waals surface area contributed by atoms with Gasteiger partial charge in [-0.25, -0.2) is 15.8 Å². The number of hydrogen-bond acceptors (Lipinski definition) is 12. The van der Waals surface area contributed by atoms with Gasteiger partial charge in [-0.2, -0.15) is 5.26 Å². The van der Waals surface area contributed by atoms with Crippen LogP contribution in [0, 0.1) is 23.7 Å². The molecule has 34 heavy (non-hydrogen) atoms. The van der Waals surface area contributed by atoms with Crippen molar-refractivity contribution in [1.82, 2.24) is 15.0 Å². The number of thiazole rings is 1. The minimum absolute atomic E-state index is 0.222. The number of pyridine rings is 1. The van der Waals surface area contributed by atoms with Gasteiger partial charge < -0.3 is 30.7 Å². The summed E-state index contributed by atoms with van der Waals surface area (Å²) in [6, 6.07) is 3.80. The maximum atomic E-state index is 9.51. The zero-order chi connectivity index (χ0) is 25.1. The average Bonchev–Trinajstić information content (AvgIpc) is 3.27. The smallest absolute Gasteiger partial charge is 0.180 e. The minimum Gasteiger partial charge on any atom is -0.396 e. The van der Waals surface area contributed by atoms with Crippen LogP contribution in [0.1, 0.15) is 30.8 Å². The van der Waals surface area contributed by atoms with Gasteiger partial charge in [0.25, 0.3) is 0 Å². The van der Waals surface area contributed by atoms with E-state index in [9.17, 15) is 5.26 Å². The average molecular weight is 504 g/mol. The van der Waals surface area contributed by atoms with Crippen LogP contribution in [0.25, 0.3) is 5.70 Å². The van der Waals surface area contributed by atoms with Gasteiger partial charge in [-0.1, -0.05) is 17.7 Å². The van der Waals surface area contributed by atoms with Crippen molar-refractivity contribution < 1.29 is 14.2 Å². The molecule has 0 saturated carbocycles. The van der Waals surface area contributed by atoms with Crippen molar-refractivity contribution in [3.63, 3.8) is 0 Å². The number of terminal acetylenes is 1. The van der Waals surface area contributed by atoms with Crippen LogP contribution in [0.15, 0.2) is 28.7 Å². The minimum atomic E-state index is -0.571. The summed E-state index contributed by atoms with van der Waals surface area (Å²) in [5.41, 5.74) is 12.9. The zero-order valence-electron chi connectivity index (χ0n) is 19.3. The summed E-state index contributed by atoms with van der Waals surface area (Å²) in [7, 11) is 1.55. The Morgan fingerprint density at radius 2 is 2.24 bits per heavy atom. The lowest BCUT2D eigenvalue weighted by Crippen LogP contribution is -2.43. The van der Waals surface area contributed by atoms with E-state index in [1.54, 1.807) is 24.8 Å². The molecule has 0 aliphatic rings. The first-order chi connectivity index (χ1) is 16.3. The molecule has 0 spiro atoms. The van der Waals surface area contributed by atoms with Crippen molar-refractivity contribution in [2.45, 2.75) is 36.4 Å². The molecule has 0 aromatic carbocycles. The fourth-order valence-corrected chi connectivity index (χ4v) is 4.58. The van der Waals surface area contributed by atoms with E-state index < -0.39 is 11.5 Å². The quantitative estimate of drug-likeness (QED) is 0.121. The lowest BCUT2D eigenvalue weighted by Gasteiger charge is -2.31. The second-order valence-electron chi connectivity index (χ2n) is 7.05. The number of methoxy groups -OCH3 is 1. The maximum absolute atomic E-state index is 9.51. The highest BCUT2D eigenvalue weighted by Gasteiger charge is 2.28. The van der Waals surface area contributed by atoms with Crippen molar-refractivity contribution in [3.8, 4) is 18.4 Å². The van der Waals surface area contributed by atoms with Gasteiger partial charge in [-0.3, -0.25) is 0 Å². The third-order valence-electron chi connectivity index (χ3n) is 4.41. The molecule has 2 unspecified atom stereocenters. The van der Waals surface area contributed by atoms with Crippen molar-refractivity contribution in [1.29, 1.82) is 5.26 Å². The molecular weight excluding hydrogens is 474 g/mol. The number of thioether (sulfide) groups is 1. The molecule has 10 nitrogen and oxygen atoms in total. The highest BCUT2D eigenvalue weighted by atomic mass is 32.2. The summed E-state index contributed by atoms with van der Waals surface area (Å²) in [5.74, 6) is 8.73. The summed E-state index contributed by atoms with van der Waals surface area (Å²) in [5, 5.41) is 13.1. The van der Waals surface area contributed by atoms with Gasteiger partial charge in [-0.15, -0.1) is 17.8 Å². The molecule has 12 heteroatoms. The molecule has 3 atom stereocenters. The van der Waals surface area contributed by atoms with E-state index in [-0.39, 0.29) is 18.3 Å². The largest absolute Gasteiger partial charge is 0.396 e. The van der Waals surface area contributed by atoms with E-state index in [4.69, 9.17) is 37.9 Å². The molecule has 6 N–H and O–H groups in total. The van der Waals surface area contributed by atoms with Crippen LogP contribution < -0.4 is 17.3 Å². The molecule has 0 amide bonds. The van der Waals surface area contributed by atoms with Gasteiger partial charge in [0.1, 0.15) is 23.3 Å². The Balaban J connectivity index is 2.26. The van der Waals surface area contributed by atoms with Gasteiger partial charge in [0.05, 0.1) is 25.0 Å². The van der Waals surface area contributed by atoms with E-state index in [1.807, 2.05) is 13.8 Å². The van der Waals surface area contributed by atoms with Crippen LogP contribution >= 0.6 is 23.1 Å². The number of rotatable bonds is 13. The number of nitriles is 1. The van der Waals surface area contributed by atoms with E-state index in [1.165, 1.54) is 34.3 Å². The molecular formula is C22H29N7O3S2. The molecule has 0 aliphatic heterocycles. The standard InChI is InChI=1S/C22H29N7O3S2/c1-5-15-7-20(17(8-23)27-9-15)34-21(32-14(3)12-31-6-2)19(30-4)11-29(26)10-16(24)18-13-33-22(25)28-18/h1,7,9-10,13-14,19,21H,6,11-12,24,26H2,2-4H3,(H2,25,28)/b16-10-/t14?,19-,21?/m0/s1. The van der Waals surface area contributed by atoms with Crippen molar-refractivity contribution in [2.24, 2.45) is 11.6 Å². The number of ether oxygens (including phenoxy) is 3. The van der Waals surface area contributed by atoms with Gasteiger partial charge in [0.2, 0.25) is 0 Å². The second-order valence-corrected chi connectivity index (χ2v) is 9.08. The van der Waals surface area contributed by atoms with Crippen LogP contribution in [0.2, 0.25) is 0 Å². The Labute approximate surface area is 208 Å². The fourth-order valence-electron chi connectivity index (χ4n) is 2.76. The molecule has 0 aliphatic carbocycles. The molecule has 0 saturated heterocycles. The Hall–Kier alpha value is -2.84. The zero-order valence-corrected chi connectivity index (χ0v) is 20.9. The summed E-state index contributed by atoms with van der Waals surface area (Å²) >= 11 is 2.56. The van der Waals surface area contributed by atoms with Crippen molar-refractivity contribution >= 4 is 33.9 Å². The molecule has 182 valence electrons. The van der Waals surface area contributed by atoms with Crippen LogP contribution in [-0.4, -0.2) is 59.5 Å². The Kier molecular flexibility index (Phi) is 11.1. The molecule has 2 rings (SSSR count). The van der Waals surface area contributed by atoms with Gasteiger partial charge in [0.15, 0.2) is 10.8 Å². The first-order valence-electron chi connectivity index (χ1n) is 10.3. The molecule has 0 fully saturated rings. The Morgan fingerprint density at radius 3 is 2.82 bits per heavy atom. The predicted octanol–water partition coefficient (Wildman–Crippen LogP) is 1.98. The summed E-state index contributed by atoms with van der Waals surface area (Å²) in [4.78, 5) is 8.87. The molecule has 2 aromatic rings. The van der Waals surface area contributed by atoms with Gasteiger partial charge in [-0.05, 0) is 19.9 Å². The van der Waals surface area contributed by atoms with Crippen LogP contribution in [0.3, 0.4) is 0 Å². The summed E-state index contributed by atoms with van der Waals surface area (Å²) < 4.78 is 17.4. The number of hydrazine groups is 1. The summed E-state index contributed by atoms with van der Waals surface area (Å²) in [6.45, 7) is 4.98. The number of nitrogens with zero attached hydrogens (tertiary/aromatic N) is 4. The second kappa shape index (κ2) is 13.8. The lowest BCUT2D eigenvalue weighted by atomic mass is 10.2.